The van der Waals surface area contributed by atoms with E-state index in [1.165, 1.54) is 0 Å². The zero-order chi connectivity index (χ0) is 15.3. The lowest BCUT2D eigenvalue weighted by atomic mass is 10.0. The van der Waals surface area contributed by atoms with E-state index >= 15 is 0 Å². The van der Waals surface area contributed by atoms with E-state index in [0.29, 0.717) is 6.54 Å². The van der Waals surface area contributed by atoms with Crippen molar-refractivity contribution < 1.29 is 14.6 Å². The third kappa shape index (κ3) is 5.61. The van der Waals surface area contributed by atoms with Crippen LogP contribution in [-0.4, -0.2) is 34.2 Å². The highest BCUT2D eigenvalue weighted by molar-refractivity contribution is 5.69. The second-order valence-corrected chi connectivity index (χ2v) is 6.23. The van der Waals surface area contributed by atoms with Crippen molar-refractivity contribution in [3.63, 3.8) is 0 Å². The summed E-state index contributed by atoms with van der Waals surface area (Å²) in [5.74, 6) is 0.0104. The number of carbonyl (C=O) groups is 1. The van der Waals surface area contributed by atoms with Crippen LogP contribution in [0.5, 0.6) is 5.75 Å². The first-order valence-corrected chi connectivity index (χ1v) is 6.91. The van der Waals surface area contributed by atoms with Crippen molar-refractivity contribution in [3.8, 4) is 5.75 Å². The van der Waals surface area contributed by atoms with Crippen LogP contribution in [0.4, 0.5) is 0 Å². The van der Waals surface area contributed by atoms with Crippen LogP contribution < -0.4 is 4.74 Å². The number of carboxylic acids is 1. The molecule has 1 aromatic carbocycles. The summed E-state index contributed by atoms with van der Waals surface area (Å²) >= 11 is 0. The monoisotopic (exact) mass is 279 g/mol. The number of hydrogen-bond donors (Lipinski definition) is 1. The third-order valence-corrected chi connectivity index (χ3v) is 2.92. The molecule has 20 heavy (non-hydrogen) atoms. The minimum absolute atomic E-state index is 0.0266. The maximum atomic E-state index is 11.0. The minimum Gasteiger partial charge on any atom is -0.491 e. The summed E-state index contributed by atoms with van der Waals surface area (Å²) in [6.45, 7) is 10.6. The molecule has 0 amide bonds. The van der Waals surface area contributed by atoms with E-state index in [9.17, 15) is 4.79 Å². The first-order valence-electron chi connectivity index (χ1n) is 6.91. The molecular weight excluding hydrogens is 254 g/mol. The van der Waals surface area contributed by atoms with Gasteiger partial charge in [-0.05, 0) is 52.3 Å². The molecule has 0 fully saturated rings. The van der Waals surface area contributed by atoms with Gasteiger partial charge in [0.15, 0.2) is 0 Å². The first kappa shape index (κ1) is 16.5. The molecule has 0 spiro atoms. The molecule has 0 unspecified atom stereocenters. The molecule has 1 N–H and O–H groups in total. The molecule has 0 heterocycles. The van der Waals surface area contributed by atoms with Crippen molar-refractivity contribution in [1.82, 2.24) is 4.90 Å². The van der Waals surface area contributed by atoms with Crippen LogP contribution >= 0.6 is 0 Å². The lowest BCUT2D eigenvalue weighted by Gasteiger charge is -2.34. The lowest BCUT2D eigenvalue weighted by molar-refractivity contribution is -0.139. The largest absolute Gasteiger partial charge is 0.491 e. The van der Waals surface area contributed by atoms with Crippen LogP contribution in [0.25, 0.3) is 0 Å². The van der Waals surface area contributed by atoms with Gasteiger partial charge in [0.1, 0.15) is 5.75 Å². The number of aliphatic carboxylic acids is 1. The zero-order valence-electron chi connectivity index (χ0n) is 13.0. The van der Waals surface area contributed by atoms with Gasteiger partial charge in [0.25, 0.3) is 0 Å². The Morgan fingerprint density at radius 1 is 1.35 bits per heavy atom. The van der Waals surface area contributed by atoms with Gasteiger partial charge in [-0.3, -0.25) is 9.69 Å². The van der Waals surface area contributed by atoms with Gasteiger partial charge >= 0.3 is 5.97 Å². The predicted octanol–water partition coefficient (Wildman–Crippen LogP) is 3.16. The molecule has 1 rings (SSSR count). The fourth-order valence-electron chi connectivity index (χ4n) is 1.90. The molecule has 0 atom stereocenters. The average molecular weight is 279 g/mol. The number of carboxylic acid groups (broad SMARTS) is 1. The molecule has 112 valence electrons. The van der Waals surface area contributed by atoms with Gasteiger partial charge in [-0.15, -0.1) is 0 Å². The molecule has 0 aliphatic rings. The lowest BCUT2D eigenvalue weighted by Crippen LogP contribution is -2.43. The standard InChI is InChI=1S/C16H25NO3/c1-12(2)20-14-8-6-7-13(9-14)10-17(11-15(18)19)16(3,4)5/h6-9,12H,10-11H2,1-5H3,(H,18,19). The number of benzene rings is 1. The Morgan fingerprint density at radius 2 is 2.00 bits per heavy atom. The van der Waals surface area contributed by atoms with Gasteiger partial charge in [0.05, 0.1) is 12.6 Å². The van der Waals surface area contributed by atoms with Crippen molar-refractivity contribution in [2.24, 2.45) is 0 Å². The van der Waals surface area contributed by atoms with Crippen LogP contribution in [-0.2, 0) is 11.3 Å². The van der Waals surface area contributed by atoms with Crippen molar-refractivity contribution in [2.45, 2.75) is 52.8 Å². The summed E-state index contributed by atoms with van der Waals surface area (Å²) in [4.78, 5) is 12.9. The van der Waals surface area contributed by atoms with Crippen LogP contribution in [0.2, 0.25) is 0 Å². The normalized spacial score (nSPS) is 11.9. The summed E-state index contributed by atoms with van der Waals surface area (Å²) in [5.41, 5.74) is 0.854. The third-order valence-electron chi connectivity index (χ3n) is 2.92. The Hall–Kier alpha value is -1.55. The van der Waals surface area contributed by atoms with Gasteiger partial charge in [0, 0.05) is 12.1 Å². The highest BCUT2D eigenvalue weighted by Crippen LogP contribution is 2.20. The van der Waals surface area contributed by atoms with Gasteiger partial charge in [0.2, 0.25) is 0 Å². The fourth-order valence-corrected chi connectivity index (χ4v) is 1.90. The molecule has 0 radical (unpaired) electrons. The molecule has 0 saturated heterocycles. The van der Waals surface area contributed by atoms with E-state index in [1.54, 1.807) is 0 Å². The molecule has 4 heteroatoms. The zero-order valence-corrected chi connectivity index (χ0v) is 13.0. The number of ether oxygens (including phenoxy) is 1. The van der Waals surface area contributed by atoms with E-state index in [2.05, 4.69) is 0 Å². The SMILES string of the molecule is CC(C)Oc1cccc(CN(CC(=O)O)C(C)(C)C)c1. The van der Waals surface area contributed by atoms with E-state index in [1.807, 2.05) is 63.8 Å². The van der Waals surface area contributed by atoms with Crippen LogP contribution in [0.3, 0.4) is 0 Å². The Labute approximate surface area is 121 Å². The van der Waals surface area contributed by atoms with Crippen molar-refractivity contribution in [1.29, 1.82) is 0 Å². The molecule has 1 aromatic rings. The topological polar surface area (TPSA) is 49.8 Å². The highest BCUT2D eigenvalue weighted by atomic mass is 16.5. The van der Waals surface area contributed by atoms with E-state index in [-0.39, 0.29) is 18.2 Å². The van der Waals surface area contributed by atoms with Crippen LogP contribution in [0.15, 0.2) is 24.3 Å². The molecule has 0 aromatic heterocycles. The number of nitrogens with zero attached hydrogens (tertiary/aromatic N) is 1. The maximum absolute atomic E-state index is 11.0. The molecule has 0 saturated carbocycles. The molecule has 0 bridgehead atoms. The second kappa shape index (κ2) is 6.75. The summed E-state index contributed by atoms with van der Waals surface area (Å²) in [7, 11) is 0. The van der Waals surface area contributed by atoms with Crippen LogP contribution in [0, 0.1) is 0 Å². The van der Waals surface area contributed by atoms with Gasteiger partial charge in [-0.1, -0.05) is 12.1 Å². The summed E-state index contributed by atoms with van der Waals surface area (Å²) in [6, 6.07) is 7.82. The molecule has 0 aliphatic heterocycles. The Kier molecular flexibility index (Phi) is 5.57. The average Bonchev–Trinajstić information content (AvgIpc) is 2.25. The summed E-state index contributed by atoms with van der Waals surface area (Å²) in [6.07, 6.45) is 0.128. The van der Waals surface area contributed by atoms with E-state index < -0.39 is 5.97 Å². The molecule has 4 nitrogen and oxygen atoms in total. The van der Waals surface area contributed by atoms with Gasteiger partial charge < -0.3 is 9.84 Å². The quantitative estimate of drug-likeness (QED) is 0.869. The Bertz CT molecular complexity index is 449. The number of rotatable bonds is 6. The smallest absolute Gasteiger partial charge is 0.317 e. The van der Waals surface area contributed by atoms with E-state index in [0.717, 1.165) is 11.3 Å². The maximum Gasteiger partial charge on any atom is 0.317 e. The number of hydrogen-bond acceptors (Lipinski definition) is 3. The van der Waals surface area contributed by atoms with Crippen molar-refractivity contribution in [2.75, 3.05) is 6.54 Å². The van der Waals surface area contributed by atoms with Crippen molar-refractivity contribution in [3.05, 3.63) is 29.8 Å². The van der Waals surface area contributed by atoms with Crippen LogP contribution in [0.1, 0.15) is 40.2 Å². The van der Waals surface area contributed by atoms with Gasteiger partial charge in [-0.2, -0.15) is 0 Å². The molecule has 0 aliphatic carbocycles. The Morgan fingerprint density at radius 3 is 2.50 bits per heavy atom. The predicted molar refractivity (Wildman–Crippen MR) is 80.0 cm³/mol. The van der Waals surface area contributed by atoms with Crippen molar-refractivity contribution >= 4 is 5.97 Å². The molecular formula is C16H25NO3. The highest BCUT2D eigenvalue weighted by Gasteiger charge is 2.23. The Balaban J connectivity index is 2.85. The minimum atomic E-state index is -0.811. The summed E-state index contributed by atoms with van der Waals surface area (Å²) < 4.78 is 5.67. The summed E-state index contributed by atoms with van der Waals surface area (Å²) in [5, 5.41) is 9.03. The van der Waals surface area contributed by atoms with Gasteiger partial charge in [-0.25, -0.2) is 0 Å². The van der Waals surface area contributed by atoms with E-state index in [4.69, 9.17) is 9.84 Å². The fraction of sp³-hybridized carbons (Fsp3) is 0.562. The second-order valence-electron chi connectivity index (χ2n) is 6.23. The first-order chi connectivity index (χ1) is 9.18.